The quantitative estimate of drug-likeness (QED) is 0.302. The number of carbonyl (C=O) groups is 2. The van der Waals surface area contributed by atoms with Gasteiger partial charge < -0.3 is 30.7 Å². The van der Waals surface area contributed by atoms with Gasteiger partial charge in [-0.25, -0.2) is 24.5 Å². The number of aromatic nitrogens is 3. The summed E-state index contributed by atoms with van der Waals surface area (Å²) in [6.07, 6.45) is 10.9. The third-order valence-electron chi connectivity index (χ3n) is 11.1. The molecule has 8 rings (SSSR count). The van der Waals surface area contributed by atoms with Gasteiger partial charge in [0.1, 0.15) is 29.3 Å². The van der Waals surface area contributed by atoms with Crippen LogP contribution in [0.2, 0.25) is 0 Å². The molecule has 242 valence electrons. The lowest BCUT2D eigenvalue weighted by Crippen LogP contribution is -2.50. The first kappa shape index (κ1) is 30.0. The van der Waals surface area contributed by atoms with Crippen molar-refractivity contribution in [3.05, 3.63) is 34.8 Å². The Balaban J connectivity index is 0.943. The number of amides is 1. The van der Waals surface area contributed by atoms with Crippen LogP contribution in [-0.2, 0) is 16.0 Å². The van der Waals surface area contributed by atoms with Crippen molar-refractivity contribution in [1.29, 1.82) is 0 Å². The third-order valence-corrected chi connectivity index (χ3v) is 11.1. The first-order valence-electron chi connectivity index (χ1n) is 17.0. The maximum Gasteiger partial charge on any atom is 0.407 e. The molecule has 1 amide bonds. The standard InChI is InChI=1S/C34H47N7O4/c1-20-29(36-18-28(32(42)43)40-33(44)45-19-34-15-22-12-23(16-34)14-24(13-22)17-34)37-21(2)38-31(20)41-10-7-25(8-11-41)27-6-5-26-4-3-9-35-30(26)39-27/h5-6,22-25,28H,3-4,7-19H2,1-2H3,(H,35,39)(H,40,44)(H,42,43)(H,36,37,38)/t22?,23?,24?,28-,34?/m0/s1. The Morgan fingerprint density at radius 2 is 1.78 bits per heavy atom. The number of ether oxygens (including phenoxy) is 1. The minimum atomic E-state index is -1.15. The van der Waals surface area contributed by atoms with Crippen LogP contribution in [-0.4, -0.2) is 70.9 Å². The summed E-state index contributed by atoms with van der Waals surface area (Å²) in [5.41, 5.74) is 3.41. The second-order valence-corrected chi connectivity index (χ2v) is 14.5. The van der Waals surface area contributed by atoms with E-state index in [1.807, 2.05) is 13.8 Å². The summed E-state index contributed by atoms with van der Waals surface area (Å²) in [7, 11) is 0. The summed E-state index contributed by atoms with van der Waals surface area (Å²) in [6.45, 7) is 6.86. The van der Waals surface area contributed by atoms with E-state index in [9.17, 15) is 14.7 Å². The Labute approximate surface area is 265 Å². The molecular weight excluding hydrogens is 570 g/mol. The molecule has 4 aliphatic carbocycles. The molecular formula is C34H47N7O4. The lowest BCUT2D eigenvalue weighted by atomic mass is 9.50. The molecule has 11 nitrogen and oxygen atoms in total. The van der Waals surface area contributed by atoms with Gasteiger partial charge in [-0.3, -0.25) is 0 Å². The number of alkyl carbamates (subject to hydrolysis) is 1. The molecule has 2 aliphatic heterocycles. The number of aliphatic carboxylic acids is 1. The van der Waals surface area contributed by atoms with Gasteiger partial charge in [0.15, 0.2) is 0 Å². The number of rotatable bonds is 9. The molecule has 5 fully saturated rings. The fourth-order valence-corrected chi connectivity index (χ4v) is 9.32. The zero-order chi connectivity index (χ0) is 31.1. The van der Waals surface area contributed by atoms with Crippen LogP contribution in [0.3, 0.4) is 0 Å². The molecule has 2 aromatic heterocycles. The number of pyridine rings is 1. The van der Waals surface area contributed by atoms with E-state index in [1.165, 1.54) is 24.8 Å². The first-order chi connectivity index (χ1) is 21.7. The maximum atomic E-state index is 12.8. The van der Waals surface area contributed by atoms with Crippen molar-refractivity contribution in [1.82, 2.24) is 20.3 Å². The van der Waals surface area contributed by atoms with Gasteiger partial charge in [0.05, 0.1) is 6.61 Å². The van der Waals surface area contributed by atoms with Crippen LogP contribution in [0.15, 0.2) is 12.1 Å². The predicted octanol–water partition coefficient (Wildman–Crippen LogP) is 5.04. The summed E-state index contributed by atoms with van der Waals surface area (Å²) >= 11 is 0. The van der Waals surface area contributed by atoms with E-state index in [4.69, 9.17) is 14.7 Å². The SMILES string of the molecule is Cc1nc(NC[C@H](NC(=O)OCC23CC4CC(CC(C4)C2)C3)C(=O)O)c(C)c(N2CCC(c3ccc4c(n3)NCCC4)CC2)n1. The van der Waals surface area contributed by atoms with Crippen molar-refractivity contribution < 1.29 is 19.4 Å². The Morgan fingerprint density at radius 3 is 2.47 bits per heavy atom. The van der Waals surface area contributed by atoms with Crippen molar-refractivity contribution >= 4 is 29.5 Å². The zero-order valence-corrected chi connectivity index (χ0v) is 26.6. The molecule has 1 atom stereocenters. The van der Waals surface area contributed by atoms with Crippen LogP contribution in [0.25, 0.3) is 0 Å². The highest BCUT2D eigenvalue weighted by molar-refractivity contribution is 5.80. The van der Waals surface area contributed by atoms with Gasteiger partial charge in [-0.1, -0.05) is 6.07 Å². The highest BCUT2D eigenvalue weighted by atomic mass is 16.5. The van der Waals surface area contributed by atoms with Gasteiger partial charge in [0.2, 0.25) is 0 Å². The van der Waals surface area contributed by atoms with Crippen LogP contribution in [0.1, 0.15) is 86.4 Å². The highest BCUT2D eigenvalue weighted by Gasteiger charge is 2.51. The second kappa shape index (κ2) is 12.3. The number of piperidine rings is 1. The Bertz CT molecular complexity index is 1400. The number of carboxylic acids is 1. The topological polar surface area (TPSA) is 142 Å². The van der Waals surface area contributed by atoms with Crippen molar-refractivity contribution in [2.45, 2.75) is 90.0 Å². The summed E-state index contributed by atoms with van der Waals surface area (Å²) in [4.78, 5) is 41.5. The molecule has 4 heterocycles. The Morgan fingerprint density at radius 1 is 1.07 bits per heavy atom. The molecule has 1 saturated heterocycles. The summed E-state index contributed by atoms with van der Waals surface area (Å²) in [5.74, 6) is 4.67. The highest BCUT2D eigenvalue weighted by Crippen LogP contribution is 2.60. The molecule has 4 saturated carbocycles. The Hall–Kier alpha value is -3.63. The lowest BCUT2D eigenvalue weighted by Gasteiger charge is -2.56. The number of hydrogen-bond donors (Lipinski definition) is 4. The van der Waals surface area contributed by atoms with Crippen LogP contribution < -0.4 is 20.9 Å². The minimum absolute atomic E-state index is 0.0152. The number of hydrogen-bond acceptors (Lipinski definition) is 9. The van der Waals surface area contributed by atoms with Gasteiger partial charge in [0.25, 0.3) is 0 Å². The number of carboxylic acid groups (broad SMARTS) is 1. The Kier molecular flexibility index (Phi) is 8.20. The van der Waals surface area contributed by atoms with E-state index in [0.717, 1.165) is 105 Å². The first-order valence-corrected chi connectivity index (χ1v) is 17.0. The normalized spacial score (nSPS) is 27.8. The van der Waals surface area contributed by atoms with Crippen LogP contribution in [0, 0.1) is 37.0 Å². The van der Waals surface area contributed by atoms with Crippen molar-refractivity contribution in [3.8, 4) is 0 Å². The second-order valence-electron chi connectivity index (χ2n) is 14.5. The average Bonchev–Trinajstić information content (AvgIpc) is 3.02. The van der Waals surface area contributed by atoms with Gasteiger partial charge in [-0.15, -0.1) is 0 Å². The van der Waals surface area contributed by atoms with E-state index in [2.05, 4.69) is 38.0 Å². The zero-order valence-electron chi connectivity index (χ0n) is 26.6. The maximum absolute atomic E-state index is 12.8. The van der Waals surface area contributed by atoms with Crippen LogP contribution >= 0.6 is 0 Å². The molecule has 2 aromatic rings. The number of carbonyl (C=O) groups excluding carboxylic acids is 1. The van der Waals surface area contributed by atoms with E-state index in [1.54, 1.807) is 0 Å². The number of anilines is 3. The monoisotopic (exact) mass is 617 g/mol. The van der Waals surface area contributed by atoms with Gasteiger partial charge >= 0.3 is 12.1 Å². The van der Waals surface area contributed by atoms with Crippen LogP contribution in [0.4, 0.5) is 22.2 Å². The number of fused-ring (bicyclic) bond motifs is 1. The molecule has 4 N–H and O–H groups in total. The van der Waals surface area contributed by atoms with Gasteiger partial charge in [-0.2, -0.15) is 0 Å². The number of nitrogens with zero attached hydrogens (tertiary/aromatic N) is 4. The van der Waals surface area contributed by atoms with E-state index < -0.39 is 18.1 Å². The lowest BCUT2D eigenvalue weighted by molar-refractivity contribution is -0.139. The summed E-state index contributed by atoms with van der Waals surface area (Å²) in [5, 5.41) is 19.1. The predicted molar refractivity (Wildman–Crippen MR) is 172 cm³/mol. The summed E-state index contributed by atoms with van der Waals surface area (Å²) < 4.78 is 5.69. The fourth-order valence-electron chi connectivity index (χ4n) is 9.32. The molecule has 11 heteroatoms. The van der Waals surface area contributed by atoms with Crippen LogP contribution in [0.5, 0.6) is 0 Å². The molecule has 0 radical (unpaired) electrons. The molecule has 0 spiro atoms. The van der Waals surface area contributed by atoms with Crippen molar-refractivity contribution in [2.75, 3.05) is 48.3 Å². The molecule has 6 aliphatic rings. The van der Waals surface area contributed by atoms with Crippen molar-refractivity contribution in [3.63, 3.8) is 0 Å². The van der Waals surface area contributed by atoms with E-state index in [0.29, 0.717) is 24.2 Å². The molecule has 45 heavy (non-hydrogen) atoms. The minimum Gasteiger partial charge on any atom is -0.480 e. The average molecular weight is 618 g/mol. The fraction of sp³-hybridized carbons (Fsp3) is 0.676. The molecule has 0 unspecified atom stereocenters. The van der Waals surface area contributed by atoms with Gasteiger partial charge in [-0.05, 0) is 107 Å². The van der Waals surface area contributed by atoms with Gasteiger partial charge in [0, 0.05) is 48.8 Å². The van der Waals surface area contributed by atoms with E-state index in [-0.39, 0.29) is 12.0 Å². The van der Waals surface area contributed by atoms with Crippen molar-refractivity contribution in [2.24, 2.45) is 23.2 Å². The summed E-state index contributed by atoms with van der Waals surface area (Å²) in [6, 6.07) is 3.27. The smallest absolute Gasteiger partial charge is 0.407 e. The largest absolute Gasteiger partial charge is 0.480 e. The molecule has 4 bridgehead atoms. The number of nitrogens with one attached hydrogen (secondary N) is 3. The third kappa shape index (κ3) is 6.40. The molecule has 0 aromatic carbocycles. The number of aryl methyl sites for hydroxylation is 2. The van der Waals surface area contributed by atoms with E-state index >= 15 is 0 Å².